The van der Waals surface area contributed by atoms with E-state index in [2.05, 4.69) is 0 Å². The quantitative estimate of drug-likeness (QED) is 0.623. The van der Waals surface area contributed by atoms with Crippen LogP contribution >= 0.6 is 0 Å². The van der Waals surface area contributed by atoms with Gasteiger partial charge in [-0.3, -0.25) is 0 Å². The minimum Gasteiger partial charge on any atom is -0.501 e. The number of rotatable bonds is 3. The molecule has 0 aliphatic carbocycles. The lowest BCUT2D eigenvalue weighted by Crippen LogP contribution is -2.38. The number of sulfone groups is 1. The van der Waals surface area contributed by atoms with Gasteiger partial charge in [0.2, 0.25) is 0 Å². The summed E-state index contributed by atoms with van der Waals surface area (Å²) in [5.41, 5.74) is 1.09. The van der Waals surface area contributed by atoms with Crippen molar-refractivity contribution in [3.63, 3.8) is 0 Å². The monoisotopic (exact) mass is 190 g/mol. The molecule has 0 amide bonds. The van der Waals surface area contributed by atoms with Crippen LogP contribution in [0, 0.1) is 5.92 Å². The van der Waals surface area contributed by atoms with Crippen molar-refractivity contribution in [2.45, 2.75) is 13.8 Å². The van der Waals surface area contributed by atoms with Gasteiger partial charge in [-0.1, -0.05) is 0 Å². The fourth-order valence-corrected chi connectivity index (χ4v) is 2.65. The van der Waals surface area contributed by atoms with Gasteiger partial charge in [0.25, 0.3) is 0 Å². The maximum atomic E-state index is 10.7. The van der Waals surface area contributed by atoms with E-state index in [1.807, 2.05) is 13.8 Å². The van der Waals surface area contributed by atoms with Crippen LogP contribution in [0.4, 0.5) is 0 Å². The van der Waals surface area contributed by atoms with E-state index < -0.39 is 9.84 Å². The number of hydrogen-bond donors (Lipinski definition) is 0. The molecule has 0 bridgehead atoms. The van der Waals surface area contributed by atoms with E-state index in [4.69, 9.17) is 4.74 Å². The van der Waals surface area contributed by atoms with Gasteiger partial charge in [0.15, 0.2) is 9.84 Å². The van der Waals surface area contributed by atoms with Crippen molar-refractivity contribution < 1.29 is 13.2 Å². The van der Waals surface area contributed by atoms with Gasteiger partial charge in [-0.05, 0) is 19.4 Å². The van der Waals surface area contributed by atoms with Crippen molar-refractivity contribution in [3.8, 4) is 0 Å². The predicted molar refractivity (Wildman–Crippen MR) is 47.5 cm³/mol. The zero-order valence-corrected chi connectivity index (χ0v) is 8.23. The molecule has 1 rings (SSSR count). The average Bonchev–Trinajstić information content (AvgIpc) is 1.82. The first kappa shape index (κ1) is 9.58. The zero-order chi connectivity index (χ0) is 9.19. The molecule has 1 aliphatic rings. The standard InChI is InChI=1S/C8H14O3S/c1-7(2)3-11-4-8-5-12(9,10)6-8/h3,8H,4-6H2,1-2H3. The highest BCUT2D eigenvalue weighted by atomic mass is 32.2. The van der Waals surface area contributed by atoms with Gasteiger partial charge in [0.1, 0.15) is 0 Å². The number of ether oxygens (including phenoxy) is 1. The van der Waals surface area contributed by atoms with Crippen LogP contribution in [-0.4, -0.2) is 26.5 Å². The lowest BCUT2D eigenvalue weighted by molar-refractivity contribution is 0.204. The zero-order valence-electron chi connectivity index (χ0n) is 7.41. The molecule has 0 spiro atoms. The van der Waals surface area contributed by atoms with Crippen molar-refractivity contribution in [3.05, 3.63) is 11.8 Å². The van der Waals surface area contributed by atoms with Crippen molar-refractivity contribution in [1.29, 1.82) is 0 Å². The second-order valence-electron chi connectivity index (χ2n) is 3.47. The van der Waals surface area contributed by atoms with Crippen LogP contribution in [0.1, 0.15) is 13.8 Å². The molecule has 0 N–H and O–H groups in total. The summed E-state index contributed by atoms with van der Waals surface area (Å²) in [7, 11) is -2.68. The summed E-state index contributed by atoms with van der Waals surface area (Å²) in [5.74, 6) is 0.804. The first-order valence-corrected chi connectivity index (χ1v) is 5.77. The summed E-state index contributed by atoms with van der Waals surface area (Å²) in [5, 5.41) is 0. The van der Waals surface area contributed by atoms with Gasteiger partial charge in [-0.25, -0.2) is 8.42 Å². The summed E-state index contributed by atoms with van der Waals surface area (Å²) >= 11 is 0. The summed E-state index contributed by atoms with van der Waals surface area (Å²) in [4.78, 5) is 0. The Labute approximate surface area is 73.3 Å². The van der Waals surface area contributed by atoms with E-state index in [-0.39, 0.29) is 5.92 Å². The van der Waals surface area contributed by atoms with Crippen molar-refractivity contribution in [2.24, 2.45) is 5.92 Å². The van der Waals surface area contributed by atoms with Gasteiger partial charge in [0, 0.05) is 5.92 Å². The van der Waals surface area contributed by atoms with Crippen LogP contribution in [0.25, 0.3) is 0 Å². The van der Waals surface area contributed by atoms with Gasteiger partial charge in [-0.2, -0.15) is 0 Å². The molecule has 0 aromatic rings. The normalized spacial score (nSPS) is 21.2. The van der Waals surface area contributed by atoms with Crippen LogP contribution in [0.15, 0.2) is 11.8 Å². The maximum Gasteiger partial charge on any atom is 0.151 e. The van der Waals surface area contributed by atoms with Crippen LogP contribution in [0.3, 0.4) is 0 Å². The number of allylic oxidation sites excluding steroid dienone is 1. The molecule has 0 radical (unpaired) electrons. The highest BCUT2D eigenvalue weighted by Gasteiger charge is 2.33. The Morgan fingerprint density at radius 1 is 1.50 bits per heavy atom. The van der Waals surface area contributed by atoms with Crippen molar-refractivity contribution in [1.82, 2.24) is 0 Å². The topological polar surface area (TPSA) is 43.4 Å². The molecule has 1 aliphatic heterocycles. The van der Waals surface area contributed by atoms with Crippen LogP contribution in [0.5, 0.6) is 0 Å². The van der Waals surface area contributed by atoms with E-state index in [0.29, 0.717) is 18.1 Å². The van der Waals surface area contributed by atoms with Gasteiger partial charge in [-0.15, -0.1) is 0 Å². The second-order valence-corrected chi connectivity index (χ2v) is 5.63. The molecular formula is C8H14O3S. The van der Waals surface area contributed by atoms with Crippen molar-refractivity contribution >= 4 is 9.84 Å². The second kappa shape index (κ2) is 3.47. The fourth-order valence-electron chi connectivity index (χ4n) is 1.12. The summed E-state index contributed by atoms with van der Waals surface area (Å²) < 4.78 is 26.6. The van der Waals surface area contributed by atoms with E-state index in [1.165, 1.54) is 0 Å². The Morgan fingerprint density at radius 3 is 2.50 bits per heavy atom. The fraction of sp³-hybridized carbons (Fsp3) is 0.750. The molecule has 0 aromatic heterocycles. The molecule has 70 valence electrons. The molecule has 3 nitrogen and oxygen atoms in total. The van der Waals surface area contributed by atoms with Crippen LogP contribution in [0.2, 0.25) is 0 Å². The Balaban J connectivity index is 2.17. The Bertz CT molecular complexity index is 261. The molecular weight excluding hydrogens is 176 g/mol. The molecule has 0 atom stereocenters. The Kier molecular flexibility index (Phi) is 2.77. The average molecular weight is 190 g/mol. The third-order valence-corrected chi connectivity index (χ3v) is 3.59. The SMILES string of the molecule is CC(C)=COCC1CS(=O)(=O)C1. The predicted octanol–water partition coefficient (Wildman–Crippen LogP) is 0.971. The molecule has 12 heavy (non-hydrogen) atoms. The molecule has 0 aromatic carbocycles. The Morgan fingerprint density at radius 2 is 2.08 bits per heavy atom. The lowest BCUT2D eigenvalue weighted by atomic mass is 10.2. The van der Waals surface area contributed by atoms with Gasteiger partial charge >= 0.3 is 0 Å². The minimum absolute atomic E-state index is 0.214. The first-order valence-electron chi connectivity index (χ1n) is 3.95. The smallest absolute Gasteiger partial charge is 0.151 e. The molecule has 0 saturated carbocycles. The molecule has 1 fully saturated rings. The highest BCUT2D eigenvalue weighted by Crippen LogP contribution is 2.18. The third kappa shape index (κ3) is 2.85. The van der Waals surface area contributed by atoms with Crippen molar-refractivity contribution in [2.75, 3.05) is 18.1 Å². The highest BCUT2D eigenvalue weighted by molar-refractivity contribution is 7.92. The third-order valence-electron chi connectivity index (χ3n) is 1.63. The Hall–Kier alpha value is -0.510. The summed E-state index contributed by atoms with van der Waals surface area (Å²) in [6, 6.07) is 0. The molecule has 1 heterocycles. The lowest BCUT2D eigenvalue weighted by Gasteiger charge is -2.24. The van der Waals surface area contributed by atoms with E-state index in [1.54, 1.807) is 6.26 Å². The molecule has 1 saturated heterocycles. The minimum atomic E-state index is -2.68. The first-order chi connectivity index (χ1) is 5.49. The van der Waals surface area contributed by atoms with E-state index in [9.17, 15) is 8.42 Å². The van der Waals surface area contributed by atoms with E-state index in [0.717, 1.165) is 5.57 Å². The maximum absolute atomic E-state index is 10.7. The molecule has 0 unspecified atom stereocenters. The number of hydrogen-bond acceptors (Lipinski definition) is 3. The molecule has 4 heteroatoms. The summed E-state index contributed by atoms with van der Waals surface area (Å²) in [6.45, 7) is 4.42. The van der Waals surface area contributed by atoms with Crippen LogP contribution in [-0.2, 0) is 14.6 Å². The summed E-state index contributed by atoms with van der Waals surface area (Å²) in [6.07, 6.45) is 1.67. The van der Waals surface area contributed by atoms with E-state index >= 15 is 0 Å². The van der Waals surface area contributed by atoms with Crippen LogP contribution < -0.4 is 0 Å². The van der Waals surface area contributed by atoms with Gasteiger partial charge < -0.3 is 4.74 Å². The largest absolute Gasteiger partial charge is 0.501 e. The van der Waals surface area contributed by atoms with Gasteiger partial charge in [0.05, 0.1) is 24.4 Å².